The third-order valence-corrected chi connectivity index (χ3v) is 6.77. The van der Waals surface area contributed by atoms with Crippen LogP contribution >= 0.6 is 22.7 Å². The van der Waals surface area contributed by atoms with Crippen molar-refractivity contribution in [3.63, 3.8) is 0 Å². The number of aryl methyl sites for hydroxylation is 2. The zero-order chi connectivity index (χ0) is 20.0. The second-order valence-corrected chi connectivity index (χ2v) is 8.75. The highest BCUT2D eigenvalue weighted by atomic mass is 32.1. The van der Waals surface area contributed by atoms with E-state index in [2.05, 4.69) is 21.2 Å². The van der Waals surface area contributed by atoms with Gasteiger partial charge in [0.1, 0.15) is 4.83 Å². The molecule has 0 saturated carbocycles. The molecule has 1 aromatic carbocycles. The van der Waals surface area contributed by atoms with Gasteiger partial charge in [0, 0.05) is 0 Å². The molecule has 144 valence electrons. The van der Waals surface area contributed by atoms with E-state index in [0.717, 1.165) is 26.4 Å². The van der Waals surface area contributed by atoms with Gasteiger partial charge in [-0.05, 0) is 36.4 Å². The van der Waals surface area contributed by atoms with Crippen molar-refractivity contribution < 1.29 is 4.52 Å². The number of thiophene rings is 2. The highest BCUT2D eigenvalue weighted by Crippen LogP contribution is 2.36. The average Bonchev–Trinajstić information content (AvgIpc) is 3.44. The number of benzene rings is 1. The number of hydrogen-bond donors (Lipinski definition) is 0. The van der Waals surface area contributed by atoms with Crippen LogP contribution in [0.5, 0.6) is 0 Å². The van der Waals surface area contributed by atoms with Gasteiger partial charge < -0.3 is 4.52 Å². The van der Waals surface area contributed by atoms with Crippen molar-refractivity contribution in [2.45, 2.75) is 20.4 Å². The maximum Gasteiger partial charge on any atom is 0.268 e. The molecule has 8 heteroatoms. The Kier molecular flexibility index (Phi) is 4.37. The minimum Gasteiger partial charge on any atom is -0.333 e. The summed E-state index contributed by atoms with van der Waals surface area (Å²) < 4.78 is 7.13. The quantitative estimate of drug-likeness (QED) is 0.413. The molecule has 0 N–H and O–H groups in total. The molecule has 5 rings (SSSR count). The highest BCUT2D eigenvalue weighted by Gasteiger charge is 2.20. The first-order valence-electron chi connectivity index (χ1n) is 9.02. The summed E-state index contributed by atoms with van der Waals surface area (Å²) in [5.41, 5.74) is 2.99. The van der Waals surface area contributed by atoms with E-state index in [-0.39, 0.29) is 5.56 Å². The van der Waals surface area contributed by atoms with Crippen LogP contribution in [0.15, 0.2) is 57.4 Å². The molecule has 0 fully saturated rings. The van der Waals surface area contributed by atoms with Crippen molar-refractivity contribution in [3.05, 3.63) is 75.1 Å². The number of hydrogen-bond acceptors (Lipinski definition) is 7. The summed E-state index contributed by atoms with van der Waals surface area (Å²) in [7, 11) is 0. The van der Waals surface area contributed by atoms with Crippen LogP contribution in [0.4, 0.5) is 0 Å². The van der Waals surface area contributed by atoms with Crippen molar-refractivity contribution in [2.24, 2.45) is 0 Å². The first-order valence-corrected chi connectivity index (χ1v) is 10.7. The number of aromatic nitrogens is 4. The third-order valence-electron chi connectivity index (χ3n) is 4.71. The molecule has 0 saturated heterocycles. The van der Waals surface area contributed by atoms with Gasteiger partial charge in [-0.3, -0.25) is 9.36 Å². The fraction of sp³-hybridized carbons (Fsp3) is 0.143. The molecule has 0 radical (unpaired) electrons. The molecule has 0 aliphatic carbocycles. The van der Waals surface area contributed by atoms with Gasteiger partial charge in [0.2, 0.25) is 5.82 Å². The molecular weight excluding hydrogens is 404 g/mol. The second-order valence-electron chi connectivity index (χ2n) is 6.80. The molecule has 0 aliphatic rings. The molecule has 0 unspecified atom stereocenters. The topological polar surface area (TPSA) is 73.8 Å². The van der Waals surface area contributed by atoms with Crippen molar-refractivity contribution in [1.82, 2.24) is 19.7 Å². The molecule has 4 heterocycles. The fourth-order valence-electron chi connectivity index (χ4n) is 3.30. The first kappa shape index (κ1) is 18.0. The van der Waals surface area contributed by atoms with E-state index in [1.165, 1.54) is 11.3 Å². The zero-order valence-electron chi connectivity index (χ0n) is 15.7. The standard InChI is InChI=1S/C21H16N4O2S2/c1-12-5-3-6-14(9-12)10-25-11-22-20-16(21(25)26)13(2)17(29-20)19-23-18(24-27-19)15-7-4-8-28-15/h3-9,11H,10H2,1-2H3. The average molecular weight is 421 g/mol. The lowest BCUT2D eigenvalue weighted by Crippen LogP contribution is -2.21. The van der Waals surface area contributed by atoms with Gasteiger partial charge in [-0.25, -0.2) is 4.98 Å². The molecular formula is C21H16N4O2S2. The van der Waals surface area contributed by atoms with E-state index >= 15 is 0 Å². The number of fused-ring (bicyclic) bond motifs is 1. The van der Waals surface area contributed by atoms with Crippen molar-refractivity contribution in [1.29, 1.82) is 0 Å². The molecule has 0 amide bonds. The lowest BCUT2D eigenvalue weighted by molar-refractivity contribution is 0.433. The van der Waals surface area contributed by atoms with Crippen molar-refractivity contribution >= 4 is 32.9 Å². The molecule has 0 spiro atoms. The Balaban J connectivity index is 1.57. The van der Waals surface area contributed by atoms with Crippen LogP contribution in [0.25, 0.3) is 31.7 Å². The van der Waals surface area contributed by atoms with Gasteiger partial charge in [0.25, 0.3) is 11.4 Å². The molecule has 0 atom stereocenters. The minimum atomic E-state index is -0.0606. The summed E-state index contributed by atoms with van der Waals surface area (Å²) in [5.74, 6) is 0.968. The monoisotopic (exact) mass is 420 g/mol. The molecule has 4 aromatic heterocycles. The van der Waals surface area contributed by atoms with Crippen molar-refractivity contribution in [3.8, 4) is 21.5 Å². The summed E-state index contributed by atoms with van der Waals surface area (Å²) in [6.07, 6.45) is 1.61. The Labute approximate surface area is 174 Å². The van der Waals surface area contributed by atoms with Crippen LogP contribution in [0.3, 0.4) is 0 Å². The predicted octanol–water partition coefficient (Wildman–Crippen LogP) is 4.90. The lowest BCUT2D eigenvalue weighted by atomic mass is 10.1. The summed E-state index contributed by atoms with van der Waals surface area (Å²) in [6.45, 7) is 4.43. The van der Waals surface area contributed by atoms with E-state index in [9.17, 15) is 4.79 Å². The fourth-order valence-corrected chi connectivity index (χ4v) is 5.01. The Bertz CT molecular complexity index is 1380. The van der Waals surface area contributed by atoms with Gasteiger partial charge in [-0.1, -0.05) is 41.1 Å². The van der Waals surface area contributed by atoms with Gasteiger partial charge in [-0.15, -0.1) is 22.7 Å². The molecule has 0 bridgehead atoms. The van der Waals surface area contributed by atoms with Crippen LogP contribution in [0.2, 0.25) is 0 Å². The largest absolute Gasteiger partial charge is 0.333 e. The summed E-state index contributed by atoms with van der Waals surface area (Å²) in [6, 6.07) is 12.0. The summed E-state index contributed by atoms with van der Waals surface area (Å²) in [5, 5.41) is 6.65. The molecule has 6 nitrogen and oxygen atoms in total. The maximum atomic E-state index is 13.1. The Morgan fingerprint density at radius 3 is 2.86 bits per heavy atom. The maximum absolute atomic E-state index is 13.1. The van der Waals surface area contributed by atoms with Gasteiger partial charge in [0.15, 0.2) is 0 Å². The van der Waals surface area contributed by atoms with Gasteiger partial charge in [0.05, 0.1) is 28.0 Å². The van der Waals surface area contributed by atoms with Crippen LogP contribution < -0.4 is 5.56 Å². The van der Waals surface area contributed by atoms with E-state index in [0.29, 0.717) is 28.5 Å². The smallest absolute Gasteiger partial charge is 0.268 e. The Morgan fingerprint density at radius 2 is 2.07 bits per heavy atom. The normalized spacial score (nSPS) is 11.4. The number of rotatable bonds is 4. The SMILES string of the molecule is Cc1cccc(Cn2cnc3sc(-c4nc(-c5cccs5)no4)c(C)c3c2=O)c1. The number of nitrogens with zero attached hydrogens (tertiary/aromatic N) is 4. The van der Waals surface area contributed by atoms with Crippen LogP contribution in [0.1, 0.15) is 16.7 Å². The predicted molar refractivity (Wildman–Crippen MR) is 116 cm³/mol. The third kappa shape index (κ3) is 3.20. The van der Waals surface area contributed by atoms with Crippen LogP contribution in [0, 0.1) is 13.8 Å². The van der Waals surface area contributed by atoms with Gasteiger partial charge >= 0.3 is 0 Å². The second kappa shape index (κ2) is 7.06. The van der Waals surface area contributed by atoms with Gasteiger partial charge in [-0.2, -0.15) is 4.98 Å². The van der Waals surface area contributed by atoms with E-state index in [1.807, 2.05) is 49.6 Å². The summed E-state index contributed by atoms with van der Waals surface area (Å²) >= 11 is 2.95. The zero-order valence-corrected chi connectivity index (χ0v) is 17.4. The lowest BCUT2D eigenvalue weighted by Gasteiger charge is -2.06. The van der Waals surface area contributed by atoms with E-state index < -0.39 is 0 Å². The molecule has 29 heavy (non-hydrogen) atoms. The molecule has 5 aromatic rings. The van der Waals surface area contributed by atoms with Crippen LogP contribution in [-0.2, 0) is 6.54 Å². The van der Waals surface area contributed by atoms with Crippen LogP contribution in [-0.4, -0.2) is 19.7 Å². The Hall–Kier alpha value is -3.10. The highest BCUT2D eigenvalue weighted by molar-refractivity contribution is 7.22. The Morgan fingerprint density at radius 1 is 1.17 bits per heavy atom. The van der Waals surface area contributed by atoms with E-state index in [4.69, 9.17) is 4.52 Å². The minimum absolute atomic E-state index is 0.0606. The molecule has 0 aliphatic heterocycles. The summed E-state index contributed by atoms with van der Waals surface area (Å²) in [4.78, 5) is 24.6. The first-order chi connectivity index (χ1) is 14.1. The van der Waals surface area contributed by atoms with E-state index in [1.54, 1.807) is 22.2 Å². The van der Waals surface area contributed by atoms with Crippen molar-refractivity contribution in [2.75, 3.05) is 0 Å².